The second kappa shape index (κ2) is 10.5. The summed E-state index contributed by atoms with van der Waals surface area (Å²) in [5.41, 5.74) is 9.70. The fraction of sp³-hybridized carbons (Fsp3) is 0. The topological polar surface area (TPSA) is 35.6 Å². The van der Waals surface area contributed by atoms with E-state index in [4.69, 9.17) is 9.97 Å². The van der Waals surface area contributed by atoms with Crippen molar-refractivity contribution in [3.63, 3.8) is 0 Å². The van der Waals surface area contributed by atoms with Crippen molar-refractivity contribution >= 4 is 54.4 Å². The number of nitrogens with zero attached hydrogens (tertiary/aromatic N) is 4. The Morgan fingerprint density at radius 3 is 2.10 bits per heavy atom. The van der Waals surface area contributed by atoms with Crippen molar-refractivity contribution in [2.45, 2.75) is 0 Å². The maximum atomic E-state index is 5.29. The average molecular weight is 613 g/mol. The quantitative estimate of drug-likeness (QED) is 0.198. The van der Waals surface area contributed by atoms with Gasteiger partial charge < -0.3 is 9.13 Å². The molecule has 0 amide bonds. The lowest BCUT2D eigenvalue weighted by Gasteiger charge is -2.13. The fourth-order valence-electron chi connectivity index (χ4n) is 7.39. The predicted octanol–water partition coefficient (Wildman–Crippen LogP) is 11.2. The Balaban J connectivity index is 1.21. The normalized spacial score (nSPS) is 11.8. The highest BCUT2D eigenvalue weighted by atomic mass is 15.0. The molecule has 0 aliphatic rings. The Labute approximate surface area is 276 Å². The van der Waals surface area contributed by atoms with Gasteiger partial charge in [-0.3, -0.25) is 0 Å². The van der Waals surface area contributed by atoms with Crippen molar-refractivity contribution in [2.24, 2.45) is 0 Å². The number of benzene rings is 7. The van der Waals surface area contributed by atoms with Gasteiger partial charge in [0.2, 0.25) is 0 Å². The maximum Gasteiger partial charge on any atom is 0.160 e. The molecule has 0 aliphatic heterocycles. The van der Waals surface area contributed by atoms with E-state index in [0.29, 0.717) is 5.82 Å². The molecule has 0 unspecified atom stereocenters. The molecule has 0 saturated carbocycles. The van der Waals surface area contributed by atoms with Crippen LogP contribution >= 0.6 is 0 Å². The van der Waals surface area contributed by atoms with Crippen LogP contribution in [-0.4, -0.2) is 19.1 Å². The molecule has 3 aromatic heterocycles. The summed E-state index contributed by atoms with van der Waals surface area (Å²) in [6, 6.07) is 57.9. The Kier molecular flexibility index (Phi) is 5.84. The Bertz CT molecular complexity index is 2840. The number of para-hydroxylation sites is 3. The van der Waals surface area contributed by atoms with Crippen LogP contribution in [0.25, 0.3) is 88.4 Å². The highest BCUT2D eigenvalue weighted by Crippen LogP contribution is 2.39. The molecule has 0 N–H and O–H groups in total. The largest absolute Gasteiger partial charge is 0.316 e. The van der Waals surface area contributed by atoms with Gasteiger partial charge in [-0.05, 0) is 59.3 Å². The molecule has 0 aliphatic carbocycles. The molecule has 48 heavy (non-hydrogen) atoms. The van der Waals surface area contributed by atoms with E-state index in [1.807, 2.05) is 6.07 Å². The second-order valence-electron chi connectivity index (χ2n) is 12.3. The number of fused-ring (bicyclic) bond motifs is 7. The van der Waals surface area contributed by atoms with E-state index < -0.39 is 0 Å². The molecule has 4 nitrogen and oxygen atoms in total. The van der Waals surface area contributed by atoms with E-state index in [9.17, 15) is 0 Å². The molecule has 0 saturated heterocycles. The highest BCUT2D eigenvalue weighted by Gasteiger charge is 2.19. The van der Waals surface area contributed by atoms with Gasteiger partial charge in [0.1, 0.15) is 0 Å². The molecular formula is C44H28N4. The van der Waals surface area contributed by atoms with Crippen LogP contribution in [0.15, 0.2) is 170 Å². The van der Waals surface area contributed by atoms with Crippen LogP contribution in [0.5, 0.6) is 0 Å². The van der Waals surface area contributed by atoms with Gasteiger partial charge in [-0.1, -0.05) is 115 Å². The van der Waals surface area contributed by atoms with E-state index in [1.165, 1.54) is 32.4 Å². The first kappa shape index (κ1) is 26.7. The summed E-state index contributed by atoms with van der Waals surface area (Å²) in [5.74, 6) is 0.708. The summed E-state index contributed by atoms with van der Waals surface area (Å²) >= 11 is 0. The van der Waals surface area contributed by atoms with Crippen LogP contribution in [0.4, 0.5) is 0 Å². The van der Waals surface area contributed by atoms with Crippen LogP contribution in [0.1, 0.15) is 0 Å². The zero-order valence-corrected chi connectivity index (χ0v) is 26.0. The molecule has 3 heterocycles. The van der Waals surface area contributed by atoms with E-state index in [2.05, 4.69) is 173 Å². The van der Waals surface area contributed by atoms with Gasteiger partial charge in [-0.15, -0.1) is 0 Å². The predicted molar refractivity (Wildman–Crippen MR) is 199 cm³/mol. The molecule has 0 spiro atoms. The fourth-order valence-corrected chi connectivity index (χ4v) is 7.39. The van der Waals surface area contributed by atoms with Crippen molar-refractivity contribution in [3.8, 4) is 34.0 Å². The first-order chi connectivity index (χ1) is 23.8. The number of hydrogen-bond acceptors (Lipinski definition) is 2. The average Bonchev–Trinajstić information content (AvgIpc) is 3.74. The number of rotatable bonds is 4. The van der Waals surface area contributed by atoms with Crippen LogP contribution in [-0.2, 0) is 0 Å². The maximum absolute atomic E-state index is 5.29. The van der Waals surface area contributed by atoms with Gasteiger partial charge in [0, 0.05) is 50.2 Å². The second-order valence-corrected chi connectivity index (χ2v) is 12.3. The lowest BCUT2D eigenvalue weighted by Crippen LogP contribution is -1.98. The van der Waals surface area contributed by atoms with E-state index in [1.54, 1.807) is 0 Å². The number of aromatic nitrogens is 4. The Hall–Kier alpha value is -6.52. The molecule has 7 aromatic carbocycles. The highest BCUT2D eigenvalue weighted by molar-refractivity contribution is 6.20. The molecular weight excluding hydrogens is 585 g/mol. The Morgan fingerprint density at radius 2 is 1.19 bits per heavy atom. The van der Waals surface area contributed by atoms with Gasteiger partial charge in [-0.25, -0.2) is 9.97 Å². The van der Waals surface area contributed by atoms with Gasteiger partial charge in [0.05, 0.1) is 27.8 Å². The zero-order valence-electron chi connectivity index (χ0n) is 26.0. The van der Waals surface area contributed by atoms with E-state index in [0.717, 1.165) is 50.1 Å². The summed E-state index contributed by atoms with van der Waals surface area (Å²) < 4.78 is 4.69. The van der Waals surface area contributed by atoms with Crippen molar-refractivity contribution < 1.29 is 0 Å². The summed E-state index contributed by atoms with van der Waals surface area (Å²) in [7, 11) is 0. The van der Waals surface area contributed by atoms with Crippen LogP contribution in [0, 0.1) is 0 Å². The van der Waals surface area contributed by atoms with E-state index >= 15 is 0 Å². The standard InChI is InChI=1S/C44H28N4/c1-2-15-32(16-3-1)47-27-26-30-24-25-40-41(43(30)47)37-20-7-9-23-39(37)48(40)33-17-10-14-31(28-33)44-45-38-22-8-6-19-36(38)42(46-44)35-21-11-13-29-12-4-5-18-34(29)35/h1-28H. The molecule has 0 fully saturated rings. The molecule has 10 rings (SSSR count). The third-order valence-corrected chi connectivity index (χ3v) is 9.53. The number of hydrogen-bond donors (Lipinski definition) is 0. The minimum absolute atomic E-state index is 0.708. The van der Waals surface area contributed by atoms with Crippen molar-refractivity contribution in [2.75, 3.05) is 0 Å². The van der Waals surface area contributed by atoms with Gasteiger partial charge in [0.15, 0.2) is 5.82 Å². The SMILES string of the molecule is c1ccc(-n2ccc3ccc4c(c5ccccc5n4-c4cccc(-c5nc(-c6cccc7ccccc67)c6ccccc6n5)c4)c32)cc1. The first-order valence-corrected chi connectivity index (χ1v) is 16.3. The van der Waals surface area contributed by atoms with Gasteiger partial charge in [0.25, 0.3) is 0 Å². The minimum atomic E-state index is 0.708. The van der Waals surface area contributed by atoms with Crippen molar-refractivity contribution in [3.05, 3.63) is 170 Å². The summed E-state index contributed by atoms with van der Waals surface area (Å²) in [5, 5.41) is 7.10. The smallest absolute Gasteiger partial charge is 0.160 e. The molecule has 0 radical (unpaired) electrons. The molecule has 0 atom stereocenters. The van der Waals surface area contributed by atoms with Crippen molar-refractivity contribution in [1.82, 2.24) is 19.1 Å². The van der Waals surface area contributed by atoms with Crippen LogP contribution in [0.3, 0.4) is 0 Å². The van der Waals surface area contributed by atoms with Gasteiger partial charge in [-0.2, -0.15) is 0 Å². The van der Waals surface area contributed by atoms with Crippen LogP contribution < -0.4 is 0 Å². The molecule has 4 heteroatoms. The summed E-state index contributed by atoms with van der Waals surface area (Å²) in [6.07, 6.45) is 2.18. The lowest BCUT2D eigenvalue weighted by atomic mass is 9.99. The molecule has 0 bridgehead atoms. The molecule has 224 valence electrons. The monoisotopic (exact) mass is 612 g/mol. The van der Waals surface area contributed by atoms with Crippen LogP contribution in [0.2, 0.25) is 0 Å². The first-order valence-electron chi connectivity index (χ1n) is 16.3. The summed E-state index contributed by atoms with van der Waals surface area (Å²) in [6.45, 7) is 0. The lowest BCUT2D eigenvalue weighted by molar-refractivity contribution is 1.13. The third-order valence-electron chi connectivity index (χ3n) is 9.53. The Morgan fingerprint density at radius 1 is 0.458 bits per heavy atom. The van der Waals surface area contributed by atoms with Crippen molar-refractivity contribution in [1.29, 1.82) is 0 Å². The third kappa shape index (κ3) is 4.03. The summed E-state index contributed by atoms with van der Waals surface area (Å²) in [4.78, 5) is 10.4. The molecule has 10 aromatic rings. The minimum Gasteiger partial charge on any atom is -0.316 e. The van der Waals surface area contributed by atoms with Gasteiger partial charge >= 0.3 is 0 Å². The zero-order chi connectivity index (χ0) is 31.6. The van der Waals surface area contributed by atoms with E-state index in [-0.39, 0.29) is 0 Å².